The van der Waals surface area contributed by atoms with Gasteiger partial charge in [0.2, 0.25) is 11.8 Å². The lowest BCUT2D eigenvalue weighted by molar-refractivity contribution is -0.129. The molecule has 1 saturated heterocycles. The van der Waals surface area contributed by atoms with Gasteiger partial charge in [-0.1, -0.05) is 13.8 Å². The summed E-state index contributed by atoms with van der Waals surface area (Å²) < 4.78 is 5.41. The maximum Gasteiger partial charge on any atom is 0.253 e. The number of benzene rings is 1. The minimum absolute atomic E-state index is 0.00484. The second-order valence-corrected chi connectivity index (χ2v) is 7.45. The minimum Gasteiger partial charge on any atom is -0.494 e. The van der Waals surface area contributed by atoms with Gasteiger partial charge in [-0.05, 0) is 49.9 Å². The number of piperidine rings is 1. The maximum absolute atomic E-state index is 12.7. The summed E-state index contributed by atoms with van der Waals surface area (Å²) in [6.07, 6.45) is 1.39. The Kier molecular flexibility index (Phi) is 7.84. The van der Waals surface area contributed by atoms with Gasteiger partial charge in [-0.3, -0.25) is 14.4 Å². The highest BCUT2D eigenvalue weighted by Gasteiger charge is 2.28. The number of carbonyl (C=O) groups excluding carboxylic acids is 3. The number of nitrogens with zero attached hydrogens (tertiary/aromatic N) is 1. The van der Waals surface area contributed by atoms with Crippen LogP contribution in [-0.4, -0.2) is 54.4 Å². The molecule has 1 heterocycles. The van der Waals surface area contributed by atoms with Crippen LogP contribution in [-0.2, 0) is 9.59 Å². The second kappa shape index (κ2) is 10.1. The first kappa shape index (κ1) is 21.7. The third-order valence-electron chi connectivity index (χ3n) is 4.85. The summed E-state index contributed by atoms with van der Waals surface area (Å²) in [5.41, 5.74) is 0.636. The van der Waals surface area contributed by atoms with Crippen LogP contribution in [0.1, 0.15) is 50.9 Å². The molecule has 1 aromatic rings. The largest absolute Gasteiger partial charge is 0.494 e. The molecule has 7 nitrogen and oxygen atoms in total. The van der Waals surface area contributed by atoms with Gasteiger partial charge in [0.05, 0.1) is 6.61 Å². The molecule has 28 heavy (non-hydrogen) atoms. The monoisotopic (exact) mass is 389 g/mol. The summed E-state index contributed by atoms with van der Waals surface area (Å²) in [6.45, 7) is 8.89. The molecule has 1 atom stereocenters. The fourth-order valence-electron chi connectivity index (χ4n) is 3.31. The van der Waals surface area contributed by atoms with Crippen LogP contribution in [0.15, 0.2) is 24.3 Å². The predicted octanol–water partition coefficient (Wildman–Crippen LogP) is 1.97. The van der Waals surface area contributed by atoms with Crippen molar-refractivity contribution >= 4 is 17.7 Å². The Balaban J connectivity index is 1.87. The SMILES string of the molecule is CCOc1ccc(C(=O)N2CCC(NC(=O)[C@@H](NC(C)=O)C(C)C)CC2)cc1. The van der Waals surface area contributed by atoms with Gasteiger partial charge in [-0.25, -0.2) is 0 Å². The number of nitrogens with one attached hydrogen (secondary N) is 2. The fraction of sp³-hybridized carbons (Fsp3) is 0.571. The van der Waals surface area contributed by atoms with E-state index < -0.39 is 6.04 Å². The van der Waals surface area contributed by atoms with Crippen molar-refractivity contribution in [1.82, 2.24) is 15.5 Å². The van der Waals surface area contributed by atoms with Crippen molar-refractivity contribution in [2.75, 3.05) is 19.7 Å². The molecule has 2 N–H and O–H groups in total. The molecule has 0 aliphatic carbocycles. The van der Waals surface area contributed by atoms with Crippen LogP contribution < -0.4 is 15.4 Å². The van der Waals surface area contributed by atoms with E-state index in [0.717, 1.165) is 5.75 Å². The van der Waals surface area contributed by atoms with Gasteiger partial charge >= 0.3 is 0 Å². The van der Waals surface area contributed by atoms with Gasteiger partial charge in [-0.2, -0.15) is 0 Å². The van der Waals surface area contributed by atoms with Crippen LogP contribution in [0.3, 0.4) is 0 Å². The molecule has 0 radical (unpaired) electrons. The zero-order valence-electron chi connectivity index (χ0n) is 17.2. The lowest BCUT2D eigenvalue weighted by Crippen LogP contribution is -2.54. The standard InChI is InChI=1S/C21H31N3O4/c1-5-28-18-8-6-16(7-9-18)21(27)24-12-10-17(11-13-24)23-20(26)19(14(2)3)22-15(4)25/h6-9,14,17,19H,5,10-13H2,1-4H3,(H,22,25)(H,23,26)/t19-/m0/s1. The normalized spacial score (nSPS) is 15.8. The van der Waals surface area contributed by atoms with Crippen LogP contribution in [0, 0.1) is 5.92 Å². The Morgan fingerprint density at radius 2 is 1.75 bits per heavy atom. The Hall–Kier alpha value is -2.57. The lowest BCUT2D eigenvalue weighted by atomic mass is 10.00. The van der Waals surface area contributed by atoms with E-state index in [-0.39, 0.29) is 29.7 Å². The molecular formula is C21H31N3O4. The molecular weight excluding hydrogens is 358 g/mol. The average molecular weight is 389 g/mol. The highest BCUT2D eigenvalue weighted by atomic mass is 16.5. The zero-order valence-corrected chi connectivity index (χ0v) is 17.2. The summed E-state index contributed by atoms with van der Waals surface area (Å²) in [5.74, 6) is 0.363. The summed E-state index contributed by atoms with van der Waals surface area (Å²) in [7, 11) is 0. The first-order chi connectivity index (χ1) is 13.3. The summed E-state index contributed by atoms with van der Waals surface area (Å²) in [6, 6.07) is 6.63. The minimum atomic E-state index is -0.541. The van der Waals surface area contributed by atoms with Crippen molar-refractivity contribution in [1.29, 1.82) is 0 Å². The third kappa shape index (κ3) is 5.97. The molecule has 0 aromatic heterocycles. The average Bonchev–Trinajstić information content (AvgIpc) is 2.66. The number of amides is 3. The van der Waals surface area contributed by atoms with E-state index in [0.29, 0.717) is 38.1 Å². The zero-order chi connectivity index (χ0) is 20.7. The molecule has 0 bridgehead atoms. The maximum atomic E-state index is 12.7. The topological polar surface area (TPSA) is 87.7 Å². The van der Waals surface area contributed by atoms with Crippen molar-refractivity contribution in [2.45, 2.75) is 52.6 Å². The first-order valence-corrected chi connectivity index (χ1v) is 9.91. The van der Waals surface area contributed by atoms with Gasteiger partial charge < -0.3 is 20.3 Å². The Labute approximate surface area is 166 Å². The molecule has 3 amide bonds. The summed E-state index contributed by atoms with van der Waals surface area (Å²) >= 11 is 0. The second-order valence-electron chi connectivity index (χ2n) is 7.45. The number of carbonyl (C=O) groups is 3. The number of likely N-dealkylation sites (tertiary alicyclic amines) is 1. The van der Waals surface area contributed by atoms with Gasteiger partial charge in [0.15, 0.2) is 0 Å². The third-order valence-corrected chi connectivity index (χ3v) is 4.85. The predicted molar refractivity (Wildman–Crippen MR) is 107 cm³/mol. The Morgan fingerprint density at radius 1 is 1.14 bits per heavy atom. The number of hydrogen-bond acceptors (Lipinski definition) is 4. The highest BCUT2D eigenvalue weighted by molar-refractivity contribution is 5.94. The summed E-state index contributed by atoms with van der Waals surface area (Å²) in [4.78, 5) is 38.3. The molecule has 154 valence electrons. The number of ether oxygens (including phenoxy) is 1. The van der Waals surface area contributed by atoms with Crippen molar-refractivity contribution in [2.24, 2.45) is 5.92 Å². The quantitative estimate of drug-likeness (QED) is 0.746. The molecule has 1 aliphatic heterocycles. The van der Waals surface area contributed by atoms with Crippen LogP contribution >= 0.6 is 0 Å². The smallest absolute Gasteiger partial charge is 0.253 e. The molecule has 2 rings (SSSR count). The van der Waals surface area contributed by atoms with Crippen molar-refractivity contribution < 1.29 is 19.1 Å². The molecule has 1 aliphatic rings. The van der Waals surface area contributed by atoms with E-state index in [1.54, 1.807) is 24.3 Å². The highest BCUT2D eigenvalue weighted by Crippen LogP contribution is 2.17. The van der Waals surface area contributed by atoms with E-state index in [1.165, 1.54) is 6.92 Å². The van der Waals surface area contributed by atoms with E-state index in [9.17, 15) is 14.4 Å². The molecule has 0 saturated carbocycles. The van der Waals surface area contributed by atoms with Crippen LogP contribution in [0.25, 0.3) is 0 Å². The van der Waals surface area contributed by atoms with Gasteiger partial charge in [0.25, 0.3) is 5.91 Å². The van der Waals surface area contributed by atoms with Crippen LogP contribution in [0.2, 0.25) is 0 Å². The van der Waals surface area contributed by atoms with Crippen molar-refractivity contribution in [3.63, 3.8) is 0 Å². The van der Waals surface area contributed by atoms with Gasteiger partial charge in [-0.15, -0.1) is 0 Å². The molecule has 7 heteroatoms. The van der Waals surface area contributed by atoms with Crippen molar-refractivity contribution in [3.8, 4) is 5.75 Å². The molecule has 1 aromatic carbocycles. The van der Waals surface area contributed by atoms with E-state index in [2.05, 4.69) is 10.6 Å². The number of hydrogen-bond donors (Lipinski definition) is 2. The van der Waals surface area contributed by atoms with E-state index >= 15 is 0 Å². The Bertz CT molecular complexity index is 679. The lowest BCUT2D eigenvalue weighted by Gasteiger charge is -2.33. The van der Waals surface area contributed by atoms with E-state index in [4.69, 9.17) is 4.74 Å². The van der Waals surface area contributed by atoms with E-state index in [1.807, 2.05) is 25.7 Å². The molecule has 0 unspecified atom stereocenters. The summed E-state index contributed by atoms with van der Waals surface area (Å²) in [5, 5.41) is 5.72. The Morgan fingerprint density at radius 3 is 2.25 bits per heavy atom. The fourth-order valence-corrected chi connectivity index (χ4v) is 3.31. The van der Waals surface area contributed by atoms with Crippen LogP contribution in [0.4, 0.5) is 0 Å². The number of rotatable bonds is 7. The van der Waals surface area contributed by atoms with Gasteiger partial charge in [0, 0.05) is 31.6 Å². The van der Waals surface area contributed by atoms with Gasteiger partial charge in [0.1, 0.15) is 11.8 Å². The molecule has 0 spiro atoms. The van der Waals surface area contributed by atoms with Crippen molar-refractivity contribution in [3.05, 3.63) is 29.8 Å². The molecule has 1 fully saturated rings. The first-order valence-electron chi connectivity index (χ1n) is 9.91. The van der Waals surface area contributed by atoms with Crippen LogP contribution in [0.5, 0.6) is 5.75 Å².